The number of likely N-dealkylation sites (tertiary alicyclic amines) is 1. The number of oxazole rings is 1. The first-order chi connectivity index (χ1) is 12.7. The van der Waals surface area contributed by atoms with Crippen molar-refractivity contribution in [2.75, 3.05) is 19.6 Å². The van der Waals surface area contributed by atoms with E-state index in [1.165, 1.54) is 0 Å². The van der Waals surface area contributed by atoms with Crippen LogP contribution in [-0.2, 0) is 6.54 Å². The second-order valence-corrected chi connectivity index (χ2v) is 7.81. The quantitative estimate of drug-likeness (QED) is 0.599. The van der Waals surface area contributed by atoms with E-state index < -0.39 is 0 Å². The van der Waals surface area contributed by atoms with E-state index in [4.69, 9.17) is 4.42 Å². The molecule has 7 heteroatoms. The SMILES string of the molecule is CCNC(=NCc1coc(-c2cccs2)n1)NC1CCN(C(C)C)CC1. The van der Waals surface area contributed by atoms with Crippen LogP contribution in [0.1, 0.15) is 39.3 Å². The van der Waals surface area contributed by atoms with Gasteiger partial charge in [-0.15, -0.1) is 11.3 Å². The highest BCUT2D eigenvalue weighted by atomic mass is 32.1. The predicted molar refractivity (Wildman–Crippen MR) is 107 cm³/mol. The van der Waals surface area contributed by atoms with Gasteiger partial charge in [0.15, 0.2) is 5.96 Å². The zero-order chi connectivity index (χ0) is 18.4. The number of hydrogen-bond donors (Lipinski definition) is 2. The van der Waals surface area contributed by atoms with Gasteiger partial charge in [0.1, 0.15) is 12.0 Å². The van der Waals surface area contributed by atoms with Gasteiger partial charge in [-0.3, -0.25) is 0 Å². The van der Waals surface area contributed by atoms with Crippen molar-refractivity contribution in [3.63, 3.8) is 0 Å². The third-order valence-electron chi connectivity index (χ3n) is 4.63. The fourth-order valence-corrected chi connectivity index (χ4v) is 3.78. The highest BCUT2D eigenvalue weighted by Crippen LogP contribution is 2.23. The molecule has 0 unspecified atom stereocenters. The van der Waals surface area contributed by atoms with Gasteiger partial charge in [0.05, 0.1) is 11.4 Å². The van der Waals surface area contributed by atoms with Gasteiger partial charge in [-0.2, -0.15) is 0 Å². The average molecular weight is 376 g/mol. The van der Waals surface area contributed by atoms with Crippen LogP contribution in [0.2, 0.25) is 0 Å². The van der Waals surface area contributed by atoms with Crippen molar-refractivity contribution in [3.8, 4) is 10.8 Å². The maximum absolute atomic E-state index is 5.57. The summed E-state index contributed by atoms with van der Waals surface area (Å²) in [7, 11) is 0. The van der Waals surface area contributed by atoms with Gasteiger partial charge in [-0.25, -0.2) is 9.98 Å². The number of rotatable bonds is 6. The maximum Gasteiger partial charge on any atom is 0.236 e. The molecule has 1 aliphatic rings. The summed E-state index contributed by atoms with van der Waals surface area (Å²) >= 11 is 1.63. The Morgan fingerprint density at radius 2 is 2.23 bits per heavy atom. The van der Waals surface area contributed by atoms with Gasteiger partial charge in [-0.05, 0) is 45.1 Å². The first-order valence-corrected chi connectivity index (χ1v) is 10.3. The topological polar surface area (TPSA) is 65.7 Å². The minimum Gasteiger partial charge on any atom is -0.443 e. The summed E-state index contributed by atoms with van der Waals surface area (Å²) in [5, 5.41) is 8.94. The molecule has 0 amide bonds. The molecule has 0 spiro atoms. The molecule has 1 aliphatic heterocycles. The second-order valence-electron chi connectivity index (χ2n) is 6.86. The Kier molecular flexibility index (Phi) is 6.68. The normalized spacial score (nSPS) is 17.0. The summed E-state index contributed by atoms with van der Waals surface area (Å²) in [6.07, 6.45) is 3.99. The smallest absolute Gasteiger partial charge is 0.236 e. The lowest BCUT2D eigenvalue weighted by Crippen LogP contribution is -2.49. The standard InChI is InChI=1S/C19H29N5OS/c1-4-20-19(23-15-7-9-24(10-8-15)14(2)3)21-12-16-13-25-18(22-16)17-6-5-11-26-17/h5-6,11,13-15H,4,7-10,12H2,1-3H3,(H2,20,21,23). The Morgan fingerprint density at radius 3 is 2.88 bits per heavy atom. The highest BCUT2D eigenvalue weighted by Gasteiger charge is 2.21. The lowest BCUT2D eigenvalue weighted by Gasteiger charge is -2.35. The third kappa shape index (κ3) is 5.08. The van der Waals surface area contributed by atoms with Crippen molar-refractivity contribution >= 4 is 17.3 Å². The van der Waals surface area contributed by atoms with E-state index in [1.54, 1.807) is 17.6 Å². The van der Waals surface area contributed by atoms with Crippen LogP contribution in [0, 0.1) is 0 Å². The summed E-state index contributed by atoms with van der Waals surface area (Å²) in [6, 6.07) is 5.11. The zero-order valence-electron chi connectivity index (χ0n) is 15.9. The van der Waals surface area contributed by atoms with Gasteiger partial charge < -0.3 is 20.0 Å². The fourth-order valence-electron chi connectivity index (χ4n) is 3.13. The number of nitrogens with one attached hydrogen (secondary N) is 2. The van der Waals surface area contributed by atoms with Crippen LogP contribution in [0.3, 0.4) is 0 Å². The Balaban J connectivity index is 1.56. The number of hydrogen-bond acceptors (Lipinski definition) is 5. The Bertz CT molecular complexity index is 687. The minimum atomic E-state index is 0.474. The molecule has 0 aromatic carbocycles. The fraction of sp³-hybridized carbons (Fsp3) is 0.579. The first kappa shape index (κ1) is 18.9. The summed E-state index contributed by atoms with van der Waals surface area (Å²) in [5.74, 6) is 1.53. The molecule has 3 rings (SSSR count). The van der Waals surface area contributed by atoms with Crippen LogP contribution in [0.25, 0.3) is 10.8 Å². The van der Waals surface area contributed by atoms with Crippen molar-refractivity contribution in [1.82, 2.24) is 20.5 Å². The molecular formula is C19H29N5OS. The van der Waals surface area contributed by atoms with Crippen molar-refractivity contribution in [2.45, 2.75) is 52.2 Å². The van der Waals surface area contributed by atoms with Crippen molar-refractivity contribution in [1.29, 1.82) is 0 Å². The molecule has 0 atom stereocenters. The van der Waals surface area contributed by atoms with E-state index in [-0.39, 0.29) is 0 Å². The molecule has 0 aliphatic carbocycles. The van der Waals surface area contributed by atoms with Crippen LogP contribution in [0.4, 0.5) is 0 Å². The van der Waals surface area contributed by atoms with Crippen LogP contribution in [0.15, 0.2) is 33.2 Å². The zero-order valence-corrected chi connectivity index (χ0v) is 16.7. The summed E-state index contributed by atoms with van der Waals surface area (Å²) in [6.45, 7) is 10.3. The van der Waals surface area contributed by atoms with Gasteiger partial charge in [0, 0.05) is 31.7 Å². The third-order valence-corrected chi connectivity index (χ3v) is 5.49. The van der Waals surface area contributed by atoms with Crippen LogP contribution >= 0.6 is 11.3 Å². The predicted octanol–water partition coefficient (Wildman–Crippen LogP) is 3.33. The summed E-state index contributed by atoms with van der Waals surface area (Å²) in [4.78, 5) is 12.8. The molecule has 26 heavy (non-hydrogen) atoms. The molecule has 142 valence electrons. The van der Waals surface area contributed by atoms with E-state index in [1.807, 2.05) is 17.5 Å². The van der Waals surface area contributed by atoms with Crippen LogP contribution < -0.4 is 10.6 Å². The van der Waals surface area contributed by atoms with Crippen molar-refractivity contribution in [3.05, 3.63) is 29.5 Å². The molecule has 0 bridgehead atoms. The van der Waals surface area contributed by atoms with Gasteiger partial charge >= 0.3 is 0 Å². The van der Waals surface area contributed by atoms with E-state index >= 15 is 0 Å². The number of aromatic nitrogens is 1. The molecule has 1 saturated heterocycles. The first-order valence-electron chi connectivity index (χ1n) is 9.43. The Morgan fingerprint density at radius 1 is 1.42 bits per heavy atom. The number of thiophene rings is 1. The minimum absolute atomic E-state index is 0.474. The molecular weight excluding hydrogens is 346 g/mol. The van der Waals surface area contributed by atoms with Gasteiger partial charge in [-0.1, -0.05) is 6.07 Å². The Hall–Kier alpha value is -1.86. The van der Waals surface area contributed by atoms with E-state index in [2.05, 4.69) is 46.3 Å². The monoisotopic (exact) mass is 375 g/mol. The van der Waals surface area contributed by atoms with E-state index in [9.17, 15) is 0 Å². The van der Waals surface area contributed by atoms with Crippen molar-refractivity contribution in [2.24, 2.45) is 4.99 Å². The molecule has 6 nitrogen and oxygen atoms in total. The lowest BCUT2D eigenvalue weighted by atomic mass is 10.0. The molecule has 0 saturated carbocycles. The van der Waals surface area contributed by atoms with E-state index in [0.29, 0.717) is 24.5 Å². The van der Waals surface area contributed by atoms with E-state index in [0.717, 1.165) is 49.0 Å². The molecule has 0 radical (unpaired) electrons. The Labute approximate surface area is 159 Å². The lowest BCUT2D eigenvalue weighted by molar-refractivity contribution is 0.167. The molecule has 1 fully saturated rings. The highest BCUT2D eigenvalue weighted by molar-refractivity contribution is 7.13. The molecule has 2 N–H and O–H groups in total. The van der Waals surface area contributed by atoms with Crippen molar-refractivity contribution < 1.29 is 4.42 Å². The maximum atomic E-state index is 5.57. The molecule has 2 aromatic rings. The van der Waals surface area contributed by atoms with Gasteiger partial charge in [0.25, 0.3) is 0 Å². The molecule has 2 aromatic heterocycles. The average Bonchev–Trinajstić information content (AvgIpc) is 3.32. The number of nitrogens with zero attached hydrogens (tertiary/aromatic N) is 3. The van der Waals surface area contributed by atoms with Gasteiger partial charge in [0.2, 0.25) is 5.89 Å². The second kappa shape index (κ2) is 9.19. The van der Waals surface area contributed by atoms with Crippen LogP contribution in [-0.4, -0.2) is 47.6 Å². The summed E-state index contributed by atoms with van der Waals surface area (Å²) < 4.78 is 5.57. The summed E-state index contributed by atoms with van der Waals surface area (Å²) in [5.41, 5.74) is 0.847. The largest absolute Gasteiger partial charge is 0.443 e. The number of aliphatic imine (C=N–C) groups is 1. The van der Waals surface area contributed by atoms with Crippen LogP contribution in [0.5, 0.6) is 0 Å². The number of piperidine rings is 1. The molecule has 3 heterocycles. The number of guanidine groups is 1.